The lowest BCUT2D eigenvalue weighted by Crippen LogP contribution is -2.39. The van der Waals surface area contributed by atoms with Gasteiger partial charge in [-0.3, -0.25) is 4.99 Å². The number of aryl methyl sites for hydroxylation is 2. The molecular formula is C21H34IN5. The van der Waals surface area contributed by atoms with Crippen LogP contribution in [0, 0.1) is 6.92 Å². The van der Waals surface area contributed by atoms with Crippen molar-refractivity contribution in [3.63, 3.8) is 0 Å². The smallest absolute Gasteiger partial charge is 0.194 e. The predicted octanol–water partition coefficient (Wildman–Crippen LogP) is 3.65. The molecule has 0 aliphatic heterocycles. The highest BCUT2D eigenvalue weighted by atomic mass is 127. The van der Waals surface area contributed by atoms with Gasteiger partial charge in [-0.15, -0.1) is 24.0 Å². The van der Waals surface area contributed by atoms with Gasteiger partial charge in [0.25, 0.3) is 0 Å². The number of guanidine groups is 1. The Hall–Kier alpha value is -1.54. The highest BCUT2D eigenvalue weighted by Crippen LogP contribution is 2.19. The lowest BCUT2D eigenvalue weighted by Gasteiger charge is -2.26. The minimum Gasteiger partial charge on any atom is -0.357 e. The largest absolute Gasteiger partial charge is 0.357 e. The van der Waals surface area contributed by atoms with E-state index in [1.165, 1.54) is 16.8 Å². The molecule has 2 rings (SSSR count). The number of halogens is 1. The maximum Gasteiger partial charge on any atom is 0.194 e. The minimum atomic E-state index is 0. The molecule has 0 bridgehead atoms. The molecule has 1 unspecified atom stereocenters. The Labute approximate surface area is 181 Å². The summed E-state index contributed by atoms with van der Waals surface area (Å²) in [6, 6.07) is 13.2. The maximum absolute atomic E-state index is 4.92. The van der Waals surface area contributed by atoms with Crippen LogP contribution >= 0.6 is 24.0 Å². The summed E-state index contributed by atoms with van der Waals surface area (Å²) in [5.74, 6) is 0.938. The number of hydrogen-bond donors (Lipinski definition) is 1. The number of likely N-dealkylation sites (N-methyl/N-ethyl adjacent to an activating group) is 1. The van der Waals surface area contributed by atoms with Crippen LogP contribution in [0.5, 0.6) is 0 Å². The lowest BCUT2D eigenvalue weighted by atomic mass is 10.0. The first-order valence-electron chi connectivity index (χ1n) is 9.25. The Morgan fingerprint density at radius 2 is 1.81 bits per heavy atom. The van der Waals surface area contributed by atoms with Crippen LogP contribution in [-0.4, -0.2) is 54.6 Å². The van der Waals surface area contributed by atoms with Crippen molar-refractivity contribution in [2.45, 2.75) is 26.4 Å². The second kappa shape index (κ2) is 11.3. The highest BCUT2D eigenvalue weighted by molar-refractivity contribution is 14.0. The van der Waals surface area contributed by atoms with Gasteiger partial charge in [0.15, 0.2) is 5.96 Å². The van der Waals surface area contributed by atoms with Gasteiger partial charge in [0.2, 0.25) is 0 Å². The van der Waals surface area contributed by atoms with Gasteiger partial charge in [-0.2, -0.15) is 0 Å². The summed E-state index contributed by atoms with van der Waals surface area (Å²) < 4.78 is 2.15. The average Bonchev–Trinajstić information content (AvgIpc) is 3.00. The number of nitrogens with zero attached hydrogens (tertiary/aromatic N) is 4. The van der Waals surface area contributed by atoms with Crippen molar-refractivity contribution in [3.05, 3.63) is 59.4 Å². The Morgan fingerprint density at radius 3 is 2.33 bits per heavy atom. The van der Waals surface area contributed by atoms with Crippen molar-refractivity contribution in [1.29, 1.82) is 0 Å². The van der Waals surface area contributed by atoms with Crippen LogP contribution in [0.15, 0.2) is 47.6 Å². The summed E-state index contributed by atoms with van der Waals surface area (Å²) >= 11 is 0. The van der Waals surface area contributed by atoms with Gasteiger partial charge in [0.1, 0.15) is 0 Å². The van der Waals surface area contributed by atoms with Gasteiger partial charge < -0.3 is 19.7 Å². The molecule has 0 fully saturated rings. The number of nitrogens with one attached hydrogen (secondary N) is 1. The van der Waals surface area contributed by atoms with E-state index in [9.17, 15) is 0 Å². The van der Waals surface area contributed by atoms with Crippen LogP contribution in [-0.2, 0) is 13.6 Å². The van der Waals surface area contributed by atoms with Crippen molar-refractivity contribution in [1.82, 2.24) is 19.7 Å². The summed E-state index contributed by atoms with van der Waals surface area (Å²) in [5, 5.41) is 3.42. The summed E-state index contributed by atoms with van der Waals surface area (Å²) in [5.41, 5.74) is 3.84. The van der Waals surface area contributed by atoms with E-state index in [1.807, 2.05) is 0 Å². The van der Waals surface area contributed by atoms with Gasteiger partial charge in [0.05, 0.1) is 19.1 Å². The van der Waals surface area contributed by atoms with Crippen molar-refractivity contribution in [2.75, 3.05) is 34.2 Å². The number of rotatable bonds is 7. The molecule has 0 spiro atoms. The zero-order valence-electron chi connectivity index (χ0n) is 17.4. The summed E-state index contributed by atoms with van der Waals surface area (Å²) in [7, 11) is 8.39. The van der Waals surface area contributed by atoms with Crippen LogP contribution in [0.4, 0.5) is 0 Å². The summed E-state index contributed by atoms with van der Waals surface area (Å²) in [6.07, 6.45) is 2.08. The maximum atomic E-state index is 4.92. The van der Waals surface area contributed by atoms with Crippen LogP contribution in [0.2, 0.25) is 0 Å². The van der Waals surface area contributed by atoms with E-state index < -0.39 is 0 Å². The van der Waals surface area contributed by atoms with Gasteiger partial charge in [0, 0.05) is 32.5 Å². The molecule has 0 saturated carbocycles. The SMILES string of the molecule is CCNC(=NCC(c1ccc(C)cc1)N(C)C)N(C)Cc1cccn1C.I. The summed E-state index contributed by atoms with van der Waals surface area (Å²) in [4.78, 5) is 9.34. The second-order valence-electron chi connectivity index (χ2n) is 7.05. The van der Waals surface area contributed by atoms with Crippen LogP contribution in [0.25, 0.3) is 0 Å². The predicted molar refractivity (Wildman–Crippen MR) is 126 cm³/mol. The van der Waals surface area contributed by atoms with Crippen molar-refractivity contribution < 1.29 is 0 Å². The number of benzene rings is 1. The topological polar surface area (TPSA) is 35.8 Å². The fraction of sp³-hybridized carbons (Fsp3) is 0.476. The van der Waals surface area contributed by atoms with Gasteiger partial charge in [-0.05, 0) is 45.6 Å². The molecule has 150 valence electrons. The molecule has 0 radical (unpaired) electrons. The van der Waals surface area contributed by atoms with Crippen LogP contribution in [0.3, 0.4) is 0 Å². The Kier molecular flexibility index (Phi) is 9.87. The van der Waals surface area contributed by atoms with E-state index in [4.69, 9.17) is 4.99 Å². The molecule has 0 saturated heterocycles. The van der Waals surface area contributed by atoms with Crippen LogP contribution in [0.1, 0.15) is 29.8 Å². The Balaban J connectivity index is 0.00000364. The third-order valence-corrected chi connectivity index (χ3v) is 4.65. The normalized spacial score (nSPS) is 12.6. The van der Waals surface area contributed by atoms with Crippen molar-refractivity contribution in [2.24, 2.45) is 12.0 Å². The van der Waals surface area contributed by atoms with E-state index >= 15 is 0 Å². The Bertz CT molecular complexity index is 706. The third-order valence-electron chi connectivity index (χ3n) is 4.65. The van der Waals surface area contributed by atoms with Crippen molar-refractivity contribution >= 4 is 29.9 Å². The molecule has 5 nitrogen and oxygen atoms in total. The van der Waals surface area contributed by atoms with Gasteiger partial charge >= 0.3 is 0 Å². The molecule has 1 heterocycles. The van der Waals surface area contributed by atoms with E-state index in [0.29, 0.717) is 0 Å². The molecule has 1 N–H and O–H groups in total. The zero-order valence-corrected chi connectivity index (χ0v) is 19.8. The molecule has 27 heavy (non-hydrogen) atoms. The average molecular weight is 483 g/mol. The molecule has 0 aliphatic rings. The number of hydrogen-bond acceptors (Lipinski definition) is 2. The van der Waals surface area contributed by atoms with E-state index in [0.717, 1.165) is 25.6 Å². The molecule has 0 amide bonds. The Morgan fingerprint density at radius 1 is 1.15 bits per heavy atom. The van der Waals surface area contributed by atoms with E-state index in [1.54, 1.807) is 0 Å². The first-order chi connectivity index (χ1) is 12.4. The molecule has 6 heteroatoms. The monoisotopic (exact) mass is 483 g/mol. The number of aliphatic imine (C=N–C) groups is 1. The molecule has 0 aliphatic carbocycles. The first kappa shape index (κ1) is 23.5. The fourth-order valence-electron chi connectivity index (χ4n) is 2.98. The van der Waals surface area contributed by atoms with E-state index in [2.05, 4.69) is 104 Å². The highest BCUT2D eigenvalue weighted by Gasteiger charge is 2.15. The van der Waals surface area contributed by atoms with Gasteiger partial charge in [-0.25, -0.2) is 0 Å². The second-order valence-corrected chi connectivity index (χ2v) is 7.05. The third kappa shape index (κ3) is 6.84. The minimum absolute atomic E-state index is 0. The molecule has 1 aromatic heterocycles. The van der Waals surface area contributed by atoms with Gasteiger partial charge in [-0.1, -0.05) is 29.8 Å². The molecule has 1 aromatic carbocycles. The first-order valence-corrected chi connectivity index (χ1v) is 9.25. The van der Waals surface area contributed by atoms with E-state index in [-0.39, 0.29) is 30.0 Å². The van der Waals surface area contributed by atoms with Crippen LogP contribution < -0.4 is 5.32 Å². The molecular weight excluding hydrogens is 449 g/mol. The molecule has 1 atom stereocenters. The standard InChI is InChI=1S/C21H33N5.HI/c1-7-22-21(26(6)16-19-9-8-14-25(19)5)23-15-20(24(3)4)18-12-10-17(2)11-13-18;/h8-14,20H,7,15-16H2,1-6H3,(H,22,23);1H. The molecule has 2 aromatic rings. The quantitative estimate of drug-likeness (QED) is 0.371. The lowest BCUT2D eigenvalue weighted by molar-refractivity contribution is 0.305. The number of aromatic nitrogens is 1. The van der Waals surface area contributed by atoms with Crippen molar-refractivity contribution in [3.8, 4) is 0 Å². The summed E-state index contributed by atoms with van der Waals surface area (Å²) in [6.45, 7) is 6.62. The zero-order chi connectivity index (χ0) is 19.1. The fourth-order valence-corrected chi connectivity index (χ4v) is 2.98.